The van der Waals surface area contributed by atoms with Gasteiger partial charge < -0.3 is 9.73 Å². The number of anilines is 1. The Hall–Kier alpha value is -2.37. The quantitative estimate of drug-likeness (QED) is 0.646. The first-order valence-corrected chi connectivity index (χ1v) is 9.27. The van der Waals surface area contributed by atoms with Gasteiger partial charge in [0.05, 0.1) is 19.4 Å². The summed E-state index contributed by atoms with van der Waals surface area (Å²) in [5, 5.41) is 5.10. The number of nitrogens with zero attached hydrogens (tertiary/aromatic N) is 1. The number of hydrogen-bond donors (Lipinski definition) is 1. The maximum atomic E-state index is 12.6. The van der Waals surface area contributed by atoms with E-state index in [0.717, 1.165) is 30.0 Å². The van der Waals surface area contributed by atoms with Gasteiger partial charge in [0.1, 0.15) is 5.76 Å². The Balaban J connectivity index is 1.67. The Labute approximate surface area is 152 Å². The molecule has 3 aromatic rings. The summed E-state index contributed by atoms with van der Waals surface area (Å²) < 4.78 is 5.45. The predicted molar refractivity (Wildman–Crippen MR) is 102 cm³/mol. The van der Waals surface area contributed by atoms with Gasteiger partial charge in [-0.1, -0.05) is 31.2 Å². The van der Waals surface area contributed by atoms with Crippen LogP contribution in [0.5, 0.6) is 0 Å². The number of carbonyl (C=O) groups excluding carboxylic acids is 1. The highest BCUT2D eigenvalue weighted by atomic mass is 32.1. The third-order valence-electron chi connectivity index (χ3n) is 3.96. The van der Waals surface area contributed by atoms with Crippen LogP contribution in [0.3, 0.4) is 0 Å². The van der Waals surface area contributed by atoms with Crippen LogP contribution in [0.1, 0.15) is 23.1 Å². The van der Waals surface area contributed by atoms with Crippen LogP contribution in [0.4, 0.5) is 5.69 Å². The fourth-order valence-corrected chi connectivity index (χ4v) is 3.50. The van der Waals surface area contributed by atoms with Gasteiger partial charge in [0.2, 0.25) is 5.91 Å². The topological polar surface area (TPSA) is 45.5 Å². The molecule has 4 nitrogen and oxygen atoms in total. The Kier molecular flexibility index (Phi) is 6.04. The summed E-state index contributed by atoms with van der Waals surface area (Å²) in [6.45, 7) is 3.73. The van der Waals surface area contributed by atoms with Crippen molar-refractivity contribution in [3.05, 3.63) is 76.4 Å². The van der Waals surface area contributed by atoms with Crippen LogP contribution in [0.15, 0.2) is 64.6 Å². The molecular weight excluding hydrogens is 332 g/mol. The van der Waals surface area contributed by atoms with E-state index in [1.807, 2.05) is 42.5 Å². The number of thiophene rings is 1. The van der Waals surface area contributed by atoms with E-state index in [9.17, 15) is 4.79 Å². The third-order valence-corrected chi connectivity index (χ3v) is 4.82. The average molecular weight is 354 g/mol. The highest BCUT2D eigenvalue weighted by Crippen LogP contribution is 2.17. The maximum Gasteiger partial charge on any atom is 0.238 e. The number of rotatable bonds is 8. The van der Waals surface area contributed by atoms with Crippen molar-refractivity contribution in [2.75, 3.05) is 11.9 Å². The minimum atomic E-state index is -0.0102. The van der Waals surface area contributed by atoms with E-state index in [1.165, 1.54) is 4.88 Å². The molecule has 0 aliphatic heterocycles. The fraction of sp³-hybridized carbons (Fsp3) is 0.250. The predicted octanol–water partition coefficient (Wildman–Crippen LogP) is 4.54. The van der Waals surface area contributed by atoms with E-state index >= 15 is 0 Å². The second-order valence-corrected chi connectivity index (χ2v) is 6.90. The zero-order valence-electron chi connectivity index (χ0n) is 14.3. The van der Waals surface area contributed by atoms with Crippen molar-refractivity contribution in [3.8, 4) is 0 Å². The molecule has 0 saturated carbocycles. The molecule has 0 spiro atoms. The molecule has 3 rings (SSSR count). The average Bonchev–Trinajstić information content (AvgIpc) is 3.29. The van der Waals surface area contributed by atoms with Gasteiger partial charge in [0.25, 0.3) is 0 Å². The van der Waals surface area contributed by atoms with Crippen molar-refractivity contribution < 1.29 is 9.21 Å². The summed E-state index contributed by atoms with van der Waals surface area (Å²) in [4.78, 5) is 15.9. The molecule has 2 heterocycles. The first kappa shape index (κ1) is 17.5. The summed E-state index contributed by atoms with van der Waals surface area (Å²) >= 11 is 1.70. The SMILES string of the molecule is CCc1ccccc1NC(=O)CN(Cc1ccco1)Cc1cccs1. The first-order valence-electron chi connectivity index (χ1n) is 8.39. The molecule has 25 heavy (non-hydrogen) atoms. The fourth-order valence-electron chi connectivity index (χ4n) is 2.76. The lowest BCUT2D eigenvalue weighted by Crippen LogP contribution is -2.32. The normalized spacial score (nSPS) is 11.0. The van der Waals surface area contributed by atoms with E-state index < -0.39 is 0 Å². The van der Waals surface area contributed by atoms with Crippen molar-refractivity contribution >= 4 is 22.9 Å². The van der Waals surface area contributed by atoms with Crippen LogP contribution >= 0.6 is 11.3 Å². The molecule has 5 heteroatoms. The van der Waals surface area contributed by atoms with Crippen molar-refractivity contribution in [1.29, 1.82) is 0 Å². The number of nitrogens with one attached hydrogen (secondary N) is 1. The minimum Gasteiger partial charge on any atom is -0.468 e. The number of hydrogen-bond acceptors (Lipinski definition) is 4. The van der Waals surface area contributed by atoms with Gasteiger partial charge in [0.15, 0.2) is 0 Å². The molecule has 0 bridgehead atoms. The van der Waals surface area contributed by atoms with Gasteiger partial charge in [-0.05, 0) is 41.6 Å². The van der Waals surface area contributed by atoms with Gasteiger partial charge in [-0.15, -0.1) is 11.3 Å². The summed E-state index contributed by atoms with van der Waals surface area (Å²) in [7, 11) is 0. The highest BCUT2D eigenvalue weighted by Gasteiger charge is 2.15. The van der Waals surface area contributed by atoms with Crippen LogP contribution in [0.25, 0.3) is 0 Å². The number of para-hydroxylation sites is 1. The van der Waals surface area contributed by atoms with E-state index in [1.54, 1.807) is 17.6 Å². The van der Waals surface area contributed by atoms with E-state index in [2.05, 4.69) is 28.6 Å². The summed E-state index contributed by atoms with van der Waals surface area (Å²) in [6, 6.07) is 15.9. The van der Waals surface area contributed by atoms with Gasteiger partial charge in [-0.3, -0.25) is 9.69 Å². The van der Waals surface area contributed by atoms with Crippen molar-refractivity contribution in [2.45, 2.75) is 26.4 Å². The minimum absolute atomic E-state index is 0.0102. The molecule has 0 atom stereocenters. The number of amides is 1. The number of aryl methyl sites for hydroxylation is 1. The van der Waals surface area contributed by atoms with Gasteiger partial charge in [0, 0.05) is 17.1 Å². The molecule has 130 valence electrons. The second-order valence-electron chi connectivity index (χ2n) is 5.86. The van der Waals surface area contributed by atoms with Gasteiger partial charge in [-0.25, -0.2) is 0 Å². The van der Waals surface area contributed by atoms with E-state index in [-0.39, 0.29) is 5.91 Å². The van der Waals surface area contributed by atoms with Crippen LogP contribution in [-0.2, 0) is 24.3 Å². The molecule has 0 fully saturated rings. The molecule has 0 aliphatic rings. The number of carbonyl (C=O) groups is 1. The molecular formula is C20H22N2O2S. The Bertz CT molecular complexity index is 746. The van der Waals surface area contributed by atoms with Crippen LogP contribution in [0.2, 0.25) is 0 Å². The number of benzene rings is 1. The van der Waals surface area contributed by atoms with E-state index in [4.69, 9.17) is 4.42 Å². The molecule has 0 unspecified atom stereocenters. The summed E-state index contributed by atoms with van der Waals surface area (Å²) in [5.74, 6) is 0.849. The summed E-state index contributed by atoms with van der Waals surface area (Å²) in [5.41, 5.74) is 2.04. The van der Waals surface area contributed by atoms with Crippen molar-refractivity contribution in [3.63, 3.8) is 0 Å². The molecule has 0 aliphatic carbocycles. The molecule has 0 saturated heterocycles. The largest absolute Gasteiger partial charge is 0.468 e. The Morgan fingerprint density at radius 3 is 2.72 bits per heavy atom. The molecule has 1 aromatic carbocycles. The Morgan fingerprint density at radius 1 is 1.12 bits per heavy atom. The molecule has 1 amide bonds. The number of furan rings is 1. The van der Waals surface area contributed by atoms with E-state index in [0.29, 0.717) is 13.1 Å². The standard InChI is InChI=1S/C20H22N2O2S/c1-2-16-7-3-4-10-19(16)21-20(23)15-22(13-17-8-5-11-24-17)14-18-9-6-12-25-18/h3-12H,2,13-15H2,1H3,(H,21,23). The zero-order valence-corrected chi connectivity index (χ0v) is 15.1. The molecule has 2 aromatic heterocycles. The first-order chi connectivity index (χ1) is 12.2. The monoisotopic (exact) mass is 354 g/mol. The highest BCUT2D eigenvalue weighted by molar-refractivity contribution is 7.09. The second kappa shape index (κ2) is 8.65. The molecule has 1 N–H and O–H groups in total. The zero-order chi connectivity index (χ0) is 17.5. The van der Waals surface area contributed by atoms with Crippen molar-refractivity contribution in [1.82, 2.24) is 4.90 Å². The third kappa shape index (κ3) is 5.05. The van der Waals surface area contributed by atoms with Crippen LogP contribution in [-0.4, -0.2) is 17.4 Å². The molecule has 0 radical (unpaired) electrons. The summed E-state index contributed by atoms with van der Waals surface area (Å²) in [6.07, 6.45) is 2.55. The maximum absolute atomic E-state index is 12.6. The smallest absolute Gasteiger partial charge is 0.238 e. The lowest BCUT2D eigenvalue weighted by molar-refractivity contribution is -0.117. The lowest BCUT2D eigenvalue weighted by atomic mass is 10.1. The Morgan fingerprint density at radius 2 is 2.00 bits per heavy atom. The van der Waals surface area contributed by atoms with Crippen LogP contribution in [0, 0.1) is 0 Å². The van der Waals surface area contributed by atoms with Crippen LogP contribution < -0.4 is 5.32 Å². The van der Waals surface area contributed by atoms with Crippen molar-refractivity contribution in [2.24, 2.45) is 0 Å². The van der Waals surface area contributed by atoms with Gasteiger partial charge in [-0.2, -0.15) is 0 Å². The van der Waals surface area contributed by atoms with Gasteiger partial charge >= 0.3 is 0 Å². The lowest BCUT2D eigenvalue weighted by Gasteiger charge is -2.20.